The lowest BCUT2D eigenvalue weighted by molar-refractivity contribution is 0.321. The van der Waals surface area contributed by atoms with Gasteiger partial charge in [0.1, 0.15) is 0 Å². The number of nitrogens with two attached hydrogens (primary N) is 1. The highest BCUT2D eigenvalue weighted by Gasteiger charge is 2.37. The lowest BCUT2D eigenvalue weighted by atomic mass is 9.88. The summed E-state index contributed by atoms with van der Waals surface area (Å²) in [6.45, 7) is 3.96. The van der Waals surface area contributed by atoms with E-state index in [4.69, 9.17) is 10.5 Å². The SMILES string of the molecule is CCC1(N)CN(c2ccnc(OC)c2)C1. The number of nitrogens with zero attached hydrogens (tertiary/aromatic N) is 2. The van der Waals surface area contributed by atoms with Gasteiger partial charge in [0.15, 0.2) is 0 Å². The Labute approximate surface area is 90.0 Å². The lowest BCUT2D eigenvalue weighted by Gasteiger charge is -2.48. The largest absolute Gasteiger partial charge is 0.481 e. The molecule has 2 N–H and O–H groups in total. The van der Waals surface area contributed by atoms with E-state index in [1.807, 2.05) is 12.1 Å². The molecule has 0 amide bonds. The predicted molar refractivity (Wildman–Crippen MR) is 60.2 cm³/mol. The topological polar surface area (TPSA) is 51.4 Å². The molecule has 0 aliphatic carbocycles. The molecule has 15 heavy (non-hydrogen) atoms. The number of rotatable bonds is 3. The van der Waals surface area contributed by atoms with E-state index >= 15 is 0 Å². The van der Waals surface area contributed by atoms with E-state index in [0.717, 1.165) is 25.2 Å². The van der Waals surface area contributed by atoms with Crippen LogP contribution in [0.2, 0.25) is 0 Å². The highest BCUT2D eigenvalue weighted by Crippen LogP contribution is 2.29. The molecule has 1 aromatic heterocycles. The van der Waals surface area contributed by atoms with Crippen molar-refractivity contribution < 1.29 is 4.74 Å². The van der Waals surface area contributed by atoms with Crippen molar-refractivity contribution >= 4 is 5.69 Å². The summed E-state index contributed by atoms with van der Waals surface area (Å²) in [7, 11) is 1.63. The van der Waals surface area contributed by atoms with E-state index < -0.39 is 0 Å². The van der Waals surface area contributed by atoms with Crippen LogP contribution in [-0.4, -0.2) is 30.7 Å². The van der Waals surface area contributed by atoms with Crippen molar-refractivity contribution in [2.24, 2.45) is 5.73 Å². The molecule has 0 aromatic carbocycles. The molecular weight excluding hydrogens is 190 g/mol. The molecule has 0 saturated carbocycles. The van der Waals surface area contributed by atoms with E-state index in [0.29, 0.717) is 5.88 Å². The highest BCUT2D eigenvalue weighted by atomic mass is 16.5. The summed E-state index contributed by atoms with van der Waals surface area (Å²) >= 11 is 0. The Morgan fingerprint density at radius 3 is 2.93 bits per heavy atom. The number of hydrogen-bond donors (Lipinski definition) is 1. The number of methoxy groups -OCH3 is 1. The normalized spacial score (nSPS) is 18.5. The zero-order valence-electron chi connectivity index (χ0n) is 9.23. The minimum Gasteiger partial charge on any atom is -0.481 e. The maximum Gasteiger partial charge on any atom is 0.214 e. The standard InChI is InChI=1S/C11H17N3O/c1-3-11(12)7-14(8-11)9-4-5-13-10(6-9)15-2/h4-6H,3,7-8,12H2,1-2H3. The molecule has 1 saturated heterocycles. The van der Waals surface area contributed by atoms with Crippen molar-refractivity contribution in [1.82, 2.24) is 4.98 Å². The van der Waals surface area contributed by atoms with Crippen molar-refractivity contribution in [2.75, 3.05) is 25.1 Å². The molecule has 0 spiro atoms. The number of pyridine rings is 1. The molecule has 0 unspecified atom stereocenters. The van der Waals surface area contributed by atoms with Gasteiger partial charge in [-0.2, -0.15) is 0 Å². The van der Waals surface area contributed by atoms with Gasteiger partial charge in [-0.1, -0.05) is 6.92 Å². The fourth-order valence-electron chi connectivity index (χ4n) is 1.83. The van der Waals surface area contributed by atoms with Gasteiger partial charge in [-0.25, -0.2) is 4.98 Å². The summed E-state index contributed by atoms with van der Waals surface area (Å²) in [5, 5.41) is 0. The van der Waals surface area contributed by atoms with Crippen molar-refractivity contribution in [3.05, 3.63) is 18.3 Å². The highest BCUT2D eigenvalue weighted by molar-refractivity contribution is 5.52. The van der Waals surface area contributed by atoms with Gasteiger partial charge in [0.25, 0.3) is 0 Å². The third-order valence-electron chi connectivity index (χ3n) is 3.01. The fourth-order valence-corrected chi connectivity index (χ4v) is 1.83. The number of ether oxygens (including phenoxy) is 1. The van der Waals surface area contributed by atoms with Gasteiger partial charge < -0.3 is 15.4 Å². The third-order valence-corrected chi connectivity index (χ3v) is 3.01. The smallest absolute Gasteiger partial charge is 0.214 e. The average molecular weight is 207 g/mol. The molecule has 82 valence electrons. The van der Waals surface area contributed by atoms with Gasteiger partial charge >= 0.3 is 0 Å². The molecule has 1 fully saturated rings. The number of anilines is 1. The summed E-state index contributed by atoms with van der Waals surface area (Å²) in [5.41, 5.74) is 7.24. The van der Waals surface area contributed by atoms with Crippen molar-refractivity contribution in [3.8, 4) is 5.88 Å². The molecule has 1 aliphatic heterocycles. The summed E-state index contributed by atoms with van der Waals surface area (Å²) in [5.74, 6) is 0.651. The molecule has 2 heterocycles. The molecule has 0 radical (unpaired) electrons. The Morgan fingerprint density at radius 1 is 1.60 bits per heavy atom. The second-order valence-corrected chi connectivity index (χ2v) is 4.13. The minimum atomic E-state index is -0.00347. The summed E-state index contributed by atoms with van der Waals surface area (Å²) in [4.78, 5) is 6.32. The van der Waals surface area contributed by atoms with Gasteiger partial charge in [0.05, 0.1) is 12.6 Å². The van der Waals surface area contributed by atoms with Crippen LogP contribution in [0, 0.1) is 0 Å². The van der Waals surface area contributed by atoms with Crippen LogP contribution in [0.25, 0.3) is 0 Å². The number of hydrogen-bond acceptors (Lipinski definition) is 4. The van der Waals surface area contributed by atoms with Crippen molar-refractivity contribution in [1.29, 1.82) is 0 Å². The minimum absolute atomic E-state index is 0.00347. The average Bonchev–Trinajstić information content (AvgIpc) is 2.25. The van der Waals surface area contributed by atoms with E-state index in [1.54, 1.807) is 13.3 Å². The second kappa shape index (κ2) is 3.70. The lowest BCUT2D eigenvalue weighted by Crippen LogP contribution is -2.67. The monoisotopic (exact) mass is 207 g/mol. The Hall–Kier alpha value is -1.29. The van der Waals surface area contributed by atoms with Crippen LogP contribution >= 0.6 is 0 Å². The van der Waals surface area contributed by atoms with Crippen LogP contribution in [0.4, 0.5) is 5.69 Å². The second-order valence-electron chi connectivity index (χ2n) is 4.13. The Kier molecular flexibility index (Phi) is 2.52. The summed E-state index contributed by atoms with van der Waals surface area (Å²) < 4.78 is 5.08. The Morgan fingerprint density at radius 2 is 2.33 bits per heavy atom. The maximum atomic E-state index is 6.11. The molecule has 2 rings (SSSR count). The van der Waals surface area contributed by atoms with E-state index in [2.05, 4.69) is 16.8 Å². The first kappa shape index (κ1) is 10.2. The molecule has 0 atom stereocenters. The van der Waals surface area contributed by atoms with Gasteiger partial charge in [-0.15, -0.1) is 0 Å². The zero-order valence-corrected chi connectivity index (χ0v) is 9.23. The van der Waals surface area contributed by atoms with Crippen LogP contribution < -0.4 is 15.4 Å². The van der Waals surface area contributed by atoms with Gasteiger partial charge in [0, 0.05) is 31.0 Å². The van der Waals surface area contributed by atoms with E-state index in [-0.39, 0.29) is 5.54 Å². The van der Waals surface area contributed by atoms with E-state index in [9.17, 15) is 0 Å². The van der Waals surface area contributed by atoms with Crippen LogP contribution in [0.15, 0.2) is 18.3 Å². The quantitative estimate of drug-likeness (QED) is 0.804. The van der Waals surface area contributed by atoms with Crippen molar-refractivity contribution in [3.63, 3.8) is 0 Å². The van der Waals surface area contributed by atoms with Gasteiger partial charge in [-0.05, 0) is 12.5 Å². The number of aromatic nitrogens is 1. The third kappa shape index (κ3) is 1.90. The first-order valence-electron chi connectivity index (χ1n) is 5.21. The first-order valence-corrected chi connectivity index (χ1v) is 5.21. The van der Waals surface area contributed by atoms with Crippen LogP contribution in [0.5, 0.6) is 5.88 Å². The Bertz CT molecular complexity index is 347. The van der Waals surface area contributed by atoms with Gasteiger partial charge in [0.2, 0.25) is 5.88 Å². The van der Waals surface area contributed by atoms with Crippen LogP contribution in [0.3, 0.4) is 0 Å². The maximum absolute atomic E-state index is 6.11. The predicted octanol–water partition coefficient (Wildman–Crippen LogP) is 1.02. The summed E-state index contributed by atoms with van der Waals surface area (Å²) in [6.07, 6.45) is 2.78. The van der Waals surface area contributed by atoms with Crippen molar-refractivity contribution in [2.45, 2.75) is 18.9 Å². The molecule has 4 heteroatoms. The zero-order chi connectivity index (χ0) is 10.9. The molecule has 1 aromatic rings. The fraction of sp³-hybridized carbons (Fsp3) is 0.545. The van der Waals surface area contributed by atoms with E-state index in [1.165, 1.54) is 0 Å². The summed E-state index contributed by atoms with van der Waals surface area (Å²) in [6, 6.07) is 3.92. The Balaban J connectivity index is 2.06. The van der Waals surface area contributed by atoms with Gasteiger partial charge in [-0.3, -0.25) is 0 Å². The first-order chi connectivity index (χ1) is 7.17. The molecule has 0 bridgehead atoms. The molecular formula is C11H17N3O. The molecule has 1 aliphatic rings. The molecule has 4 nitrogen and oxygen atoms in total. The van der Waals surface area contributed by atoms with Crippen LogP contribution in [0.1, 0.15) is 13.3 Å². The van der Waals surface area contributed by atoms with Crippen LogP contribution in [-0.2, 0) is 0 Å².